The van der Waals surface area contributed by atoms with E-state index in [1.165, 1.54) is 0 Å². The van der Waals surface area contributed by atoms with E-state index in [4.69, 9.17) is 10.2 Å². The van der Waals surface area contributed by atoms with Gasteiger partial charge in [-0.05, 0) is 12.8 Å². The average molecular weight is 342 g/mol. The summed E-state index contributed by atoms with van der Waals surface area (Å²) in [6, 6.07) is 0. The van der Waals surface area contributed by atoms with Crippen molar-refractivity contribution < 1.29 is 48.5 Å². The Hall–Kier alpha value is -3.30. The van der Waals surface area contributed by atoms with Crippen LogP contribution < -0.4 is 0 Å². The maximum absolute atomic E-state index is 11.2. The zero-order valence-corrected chi connectivity index (χ0v) is 12.3. The predicted molar refractivity (Wildman–Crippen MR) is 74.2 cm³/mol. The van der Waals surface area contributed by atoms with Crippen molar-refractivity contribution in [1.82, 2.24) is 0 Å². The van der Waals surface area contributed by atoms with Gasteiger partial charge in [-0.25, -0.2) is 19.2 Å². The van der Waals surface area contributed by atoms with Gasteiger partial charge >= 0.3 is 35.8 Å². The molecular weight excluding hydrogens is 328 g/mol. The molecule has 0 fully saturated rings. The highest BCUT2D eigenvalue weighted by Gasteiger charge is 2.11. The summed E-state index contributed by atoms with van der Waals surface area (Å²) in [5.41, 5.74) is 0. The minimum absolute atomic E-state index is 0.156. The lowest BCUT2D eigenvalue weighted by atomic mass is 10.2. The molecule has 0 spiro atoms. The van der Waals surface area contributed by atoms with Crippen molar-refractivity contribution in [3.05, 3.63) is 24.3 Å². The molecule has 0 aromatic carbocycles. The zero-order valence-electron chi connectivity index (χ0n) is 12.3. The molecule has 0 radical (unpaired) electrons. The molecule has 0 saturated heterocycles. The van der Waals surface area contributed by atoms with Crippen molar-refractivity contribution in [3.63, 3.8) is 0 Å². The van der Waals surface area contributed by atoms with E-state index in [0.717, 1.165) is 0 Å². The molecule has 0 saturated carbocycles. The Morgan fingerprint density at radius 1 is 0.625 bits per heavy atom. The number of carbonyl (C=O) groups is 6. The van der Waals surface area contributed by atoms with Crippen LogP contribution in [-0.2, 0) is 38.2 Å². The highest BCUT2D eigenvalue weighted by Crippen LogP contribution is 2.03. The first-order valence-corrected chi connectivity index (χ1v) is 6.52. The van der Waals surface area contributed by atoms with Gasteiger partial charge in [0.15, 0.2) is 0 Å². The molecule has 0 rings (SSSR count). The van der Waals surface area contributed by atoms with Crippen molar-refractivity contribution in [3.8, 4) is 0 Å². The van der Waals surface area contributed by atoms with E-state index in [2.05, 4.69) is 9.47 Å². The van der Waals surface area contributed by atoms with Crippen molar-refractivity contribution in [2.24, 2.45) is 0 Å². The minimum atomic E-state index is -1.37. The number of unbranched alkanes of at least 4 members (excludes halogenated alkanes) is 1. The second-order valence-corrected chi connectivity index (χ2v) is 4.14. The Balaban J connectivity index is 3.92. The predicted octanol–water partition coefficient (Wildman–Crippen LogP) is -0.0320. The molecule has 0 aliphatic carbocycles. The van der Waals surface area contributed by atoms with E-state index >= 15 is 0 Å². The summed E-state index contributed by atoms with van der Waals surface area (Å²) in [6.45, 7) is 0. The number of carbonyl (C=O) groups excluding carboxylic acids is 4. The molecule has 0 aromatic rings. The summed E-state index contributed by atoms with van der Waals surface area (Å²) in [5, 5.41) is 16.5. The van der Waals surface area contributed by atoms with Gasteiger partial charge in [0.25, 0.3) is 0 Å². The third kappa shape index (κ3) is 12.4. The Morgan fingerprint density at radius 3 is 1.25 bits per heavy atom. The maximum Gasteiger partial charge on any atom is 0.338 e. The molecule has 0 aliphatic heterocycles. The molecule has 0 aromatic heterocycles. The second kappa shape index (κ2) is 11.3. The fourth-order valence-corrected chi connectivity index (χ4v) is 1.21. The van der Waals surface area contributed by atoms with Crippen molar-refractivity contribution >= 4 is 35.8 Å². The number of esters is 4. The van der Waals surface area contributed by atoms with E-state index in [9.17, 15) is 28.8 Å². The first-order valence-electron chi connectivity index (χ1n) is 6.52. The lowest BCUT2D eigenvalue weighted by molar-refractivity contribution is -0.158. The van der Waals surface area contributed by atoms with Gasteiger partial charge < -0.3 is 19.7 Å². The van der Waals surface area contributed by atoms with Gasteiger partial charge in [0.2, 0.25) is 0 Å². The number of rotatable bonds is 9. The van der Waals surface area contributed by atoms with E-state index in [1.54, 1.807) is 0 Å². The van der Waals surface area contributed by atoms with Crippen LogP contribution in [0.3, 0.4) is 0 Å². The van der Waals surface area contributed by atoms with Crippen LogP contribution in [0, 0.1) is 0 Å². The number of carboxylic acid groups (broad SMARTS) is 2. The third-order valence-corrected chi connectivity index (χ3v) is 2.16. The smallest absolute Gasteiger partial charge is 0.338 e. The third-order valence-electron chi connectivity index (χ3n) is 2.16. The molecule has 0 aliphatic rings. The Labute approximate surface area is 135 Å². The van der Waals surface area contributed by atoms with E-state index < -0.39 is 35.8 Å². The van der Waals surface area contributed by atoms with Crippen molar-refractivity contribution in [2.45, 2.75) is 25.7 Å². The van der Waals surface area contributed by atoms with Crippen LogP contribution in [-0.4, -0.2) is 46.0 Å². The number of aliphatic carboxylic acids is 2. The van der Waals surface area contributed by atoms with Crippen LogP contribution in [0.2, 0.25) is 0 Å². The van der Waals surface area contributed by atoms with Gasteiger partial charge in [0, 0.05) is 37.1 Å². The first-order chi connectivity index (χ1) is 11.2. The van der Waals surface area contributed by atoms with Gasteiger partial charge in [-0.1, -0.05) is 0 Å². The zero-order chi connectivity index (χ0) is 18.5. The average Bonchev–Trinajstić information content (AvgIpc) is 2.47. The maximum atomic E-state index is 11.2. The lowest BCUT2D eigenvalue weighted by Gasteiger charge is -2.01. The molecule has 10 nitrogen and oxygen atoms in total. The number of hydrogen-bond donors (Lipinski definition) is 2. The van der Waals surface area contributed by atoms with Crippen LogP contribution in [0.5, 0.6) is 0 Å². The summed E-state index contributed by atoms with van der Waals surface area (Å²) >= 11 is 0. The summed E-state index contributed by atoms with van der Waals surface area (Å²) in [6.07, 6.45) is 2.09. The van der Waals surface area contributed by atoms with E-state index in [-0.39, 0.29) is 25.7 Å². The Bertz CT molecular complexity index is 532. The minimum Gasteiger partial charge on any atom is -0.478 e. The molecule has 0 heterocycles. The van der Waals surface area contributed by atoms with Crippen LogP contribution in [0.1, 0.15) is 25.7 Å². The van der Waals surface area contributed by atoms with E-state index in [0.29, 0.717) is 24.3 Å². The lowest BCUT2D eigenvalue weighted by Crippen LogP contribution is -2.12. The topological polar surface area (TPSA) is 161 Å². The number of hydrogen-bond acceptors (Lipinski definition) is 8. The normalized spacial score (nSPS) is 10.5. The summed E-state index contributed by atoms with van der Waals surface area (Å²) in [4.78, 5) is 64.6. The van der Waals surface area contributed by atoms with Crippen molar-refractivity contribution in [2.75, 3.05) is 0 Å². The van der Waals surface area contributed by atoms with Crippen molar-refractivity contribution in [1.29, 1.82) is 0 Å². The SMILES string of the molecule is O=C(O)/C=C/C(=O)OC(=O)CCCCC(=O)OC(=O)/C=C/C(=O)O. The van der Waals surface area contributed by atoms with Gasteiger partial charge in [0.1, 0.15) is 0 Å². The number of carboxylic acids is 2. The fourth-order valence-electron chi connectivity index (χ4n) is 1.21. The largest absolute Gasteiger partial charge is 0.478 e. The van der Waals surface area contributed by atoms with Crippen LogP contribution >= 0.6 is 0 Å². The van der Waals surface area contributed by atoms with Gasteiger partial charge in [-0.3, -0.25) is 9.59 Å². The van der Waals surface area contributed by atoms with Gasteiger partial charge in [0.05, 0.1) is 0 Å². The second-order valence-electron chi connectivity index (χ2n) is 4.14. The van der Waals surface area contributed by atoms with E-state index in [1.807, 2.05) is 0 Å². The summed E-state index contributed by atoms with van der Waals surface area (Å²) < 4.78 is 8.53. The monoisotopic (exact) mass is 342 g/mol. The summed E-state index contributed by atoms with van der Waals surface area (Å²) in [5.74, 6) is -6.79. The first kappa shape index (κ1) is 20.7. The number of ether oxygens (including phenoxy) is 2. The Morgan fingerprint density at radius 2 is 0.958 bits per heavy atom. The summed E-state index contributed by atoms with van der Waals surface area (Å²) in [7, 11) is 0. The molecular formula is C14H14O10. The molecule has 2 N–H and O–H groups in total. The standard InChI is InChI=1S/C14H14O10/c15-9(16)5-7-13(21)23-11(19)3-1-2-4-12(20)24-14(22)8-6-10(17)18/h5-8H,1-4H2,(H,15,16)(H,17,18)/b7-5+,8-6+. The molecule has 10 heteroatoms. The highest BCUT2D eigenvalue weighted by atomic mass is 16.6. The van der Waals surface area contributed by atoms with Crippen LogP contribution in [0.25, 0.3) is 0 Å². The molecule has 0 atom stereocenters. The van der Waals surface area contributed by atoms with Crippen LogP contribution in [0.15, 0.2) is 24.3 Å². The molecule has 0 unspecified atom stereocenters. The quantitative estimate of drug-likeness (QED) is 0.252. The molecule has 130 valence electrons. The highest BCUT2D eigenvalue weighted by molar-refractivity contribution is 5.96. The molecule has 0 amide bonds. The molecule has 0 bridgehead atoms. The van der Waals surface area contributed by atoms with Crippen LogP contribution in [0.4, 0.5) is 0 Å². The fraction of sp³-hybridized carbons (Fsp3) is 0.286. The van der Waals surface area contributed by atoms with Gasteiger partial charge in [-0.2, -0.15) is 0 Å². The Kier molecular flexibility index (Phi) is 9.74. The molecule has 24 heavy (non-hydrogen) atoms. The van der Waals surface area contributed by atoms with Gasteiger partial charge in [-0.15, -0.1) is 0 Å².